The maximum absolute atomic E-state index is 12.5. The van der Waals surface area contributed by atoms with Crippen molar-refractivity contribution in [1.29, 1.82) is 0 Å². The third kappa shape index (κ3) is 3.64. The maximum Gasteiger partial charge on any atom is 0.230 e. The molecule has 4 aromatic rings. The van der Waals surface area contributed by atoms with Crippen molar-refractivity contribution in [2.24, 2.45) is 0 Å². The number of carbonyl (C=O) groups excluding carboxylic acids is 1. The van der Waals surface area contributed by atoms with Crippen LogP contribution in [-0.2, 0) is 11.2 Å². The van der Waals surface area contributed by atoms with Gasteiger partial charge in [-0.2, -0.15) is 0 Å². The molecule has 1 N–H and O–H groups in total. The summed E-state index contributed by atoms with van der Waals surface area (Å²) in [5.74, 6) is 0.686. The van der Waals surface area contributed by atoms with E-state index in [-0.39, 0.29) is 12.3 Å². The minimum Gasteiger partial charge on any atom is -0.497 e. The van der Waals surface area contributed by atoms with Crippen molar-refractivity contribution in [3.05, 3.63) is 64.7 Å². The first-order valence-corrected chi connectivity index (χ1v) is 9.73. The molecule has 0 fully saturated rings. The van der Waals surface area contributed by atoms with Crippen LogP contribution in [0.15, 0.2) is 53.1 Å². The first kappa shape index (κ1) is 18.3. The van der Waals surface area contributed by atoms with Gasteiger partial charge in [0.2, 0.25) is 5.91 Å². The number of thiazole rings is 1. The fourth-order valence-corrected chi connectivity index (χ4v) is 3.98. The number of aryl methyl sites for hydroxylation is 2. The number of aromatic nitrogens is 1. The summed E-state index contributed by atoms with van der Waals surface area (Å²) in [6, 6.07) is 13.7. The fraction of sp³-hybridized carbons (Fsp3) is 0.182. The second-order valence-corrected chi connectivity index (χ2v) is 7.84. The largest absolute Gasteiger partial charge is 0.497 e. The highest BCUT2D eigenvalue weighted by Crippen LogP contribution is 2.31. The number of fused-ring (bicyclic) bond motifs is 1. The van der Waals surface area contributed by atoms with Gasteiger partial charge in [-0.05, 0) is 49.7 Å². The summed E-state index contributed by atoms with van der Waals surface area (Å²) in [4.78, 5) is 18.2. The summed E-state index contributed by atoms with van der Waals surface area (Å²) in [5.41, 5.74) is 4.66. The molecule has 0 aliphatic carbocycles. The van der Waals surface area contributed by atoms with E-state index in [9.17, 15) is 4.79 Å². The second-order valence-electron chi connectivity index (χ2n) is 6.64. The van der Waals surface area contributed by atoms with E-state index in [2.05, 4.69) is 10.3 Å². The van der Waals surface area contributed by atoms with Crippen molar-refractivity contribution >= 4 is 33.3 Å². The molecule has 142 valence electrons. The highest BCUT2D eigenvalue weighted by atomic mass is 32.1. The number of amides is 1. The van der Waals surface area contributed by atoms with Crippen LogP contribution in [0.4, 0.5) is 5.13 Å². The van der Waals surface area contributed by atoms with Crippen LogP contribution in [0.2, 0.25) is 0 Å². The lowest BCUT2D eigenvalue weighted by Gasteiger charge is -2.02. The molecular weight excluding hydrogens is 372 g/mol. The number of hydrogen-bond acceptors (Lipinski definition) is 5. The third-order valence-electron chi connectivity index (χ3n) is 4.57. The van der Waals surface area contributed by atoms with E-state index < -0.39 is 0 Å². The molecule has 2 aromatic heterocycles. The highest BCUT2D eigenvalue weighted by Gasteiger charge is 2.15. The first-order valence-electron chi connectivity index (χ1n) is 8.92. The maximum atomic E-state index is 12.5. The summed E-state index contributed by atoms with van der Waals surface area (Å²) >= 11 is 1.47. The Bertz CT molecular complexity index is 1140. The van der Waals surface area contributed by atoms with Gasteiger partial charge in [-0.25, -0.2) is 4.98 Å². The average molecular weight is 392 g/mol. The van der Waals surface area contributed by atoms with Crippen LogP contribution in [0.1, 0.15) is 16.0 Å². The zero-order chi connectivity index (χ0) is 19.7. The monoisotopic (exact) mass is 392 g/mol. The van der Waals surface area contributed by atoms with Crippen LogP contribution in [0.25, 0.3) is 22.2 Å². The Balaban J connectivity index is 1.50. The molecule has 0 radical (unpaired) electrons. The van der Waals surface area contributed by atoms with Gasteiger partial charge in [-0.3, -0.25) is 4.79 Å². The van der Waals surface area contributed by atoms with E-state index in [1.165, 1.54) is 11.3 Å². The Morgan fingerprint density at radius 2 is 1.96 bits per heavy atom. The standard InChI is InChI=1S/C22H20N2O3S/c1-13-4-9-18-16(12-27-19(18)10-13)11-20(25)23-22-24-21(14(2)28-22)15-5-7-17(26-3)8-6-15/h4-10,12H,11H2,1-3H3,(H,23,24,25). The number of furan rings is 1. The molecule has 0 saturated heterocycles. The Hall–Kier alpha value is -3.12. The van der Waals surface area contributed by atoms with Gasteiger partial charge in [0.1, 0.15) is 11.3 Å². The summed E-state index contributed by atoms with van der Waals surface area (Å²) in [6.45, 7) is 4.01. The number of hydrogen-bond donors (Lipinski definition) is 1. The molecule has 2 aromatic carbocycles. The molecule has 0 unspecified atom stereocenters. The molecule has 0 aliphatic rings. The molecule has 2 heterocycles. The third-order valence-corrected chi connectivity index (χ3v) is 5.45. The van der Waals surface area contributed by atoms with Crippen molar-refractivity contribution in [2.75, 3.05) is 12.4 Å². The lowest BCUT2D eigenvalue weighted by molar-refractivity contribution is -0.115. The minimum atomic E-state index is -0.113. The van der Waals surface area contributed by atoms with E-state index in [1.807, 2.05) is 56.3 Å². The van der Waals surface area contributed by atoms with Crippen molar-refractivity contribution in [3.63, 3.8) is 0 Å². The molecule has 4 rings (SSSR count). The first-order chi connectivity index (χ1) is 13.5. The smallest absolute Gasteiger partial charge is 0.230 e. The summed E-state index contributed by atoms with van der Waals surface area (Å²) in [6.07, 6.45) is 1.89. The average Bonchev–Trinajstić information content (AvgIpc) is 3.24. The van der Waals surface area contributed by atoms with Gasteiger partial charge < -0.3 is 14.5 Å². The van der Waals surface area contributed by atoms with Crippen molar-refractivity contribution in [1.82, 2.24) is 4.98 Å². The fourth-order valence-electron chi connectivity index (χ4n) is 3.13. The van der Waals surface area contributed by atoms with Crippen LogP contribution in [-0.4, -0.2) is 18.0 Å². The summed E-state index contributed by atoms with van der Waals surface area (Å²) in [5, 5.41) is 4.47. The van der Waals surface area contributed by atoms with E-state index in [0.717, 1.165) is 44.0 Å². The Kier molecular flexibility index (Phi) is 4.88. The highest BCUT2D eigenvalue weighted by molar-refractivity contribution is 7.16. The summed E-state index contributed by atoms with van der Waals surface area (Å²) < 4.78 is 10.8. The van der Waals surface area contributed by atoms with Crippen LogP contribution < -0.4 is 10.1 Å². The Labute approximate surface area is 167 Å². The Morgan fingerprint density at radius 1 is 1.18 bits per heavy atom. The van der Waals surface area contributed by atoms with Crippen molar-refractivity contribution in [3.8, 4) is 17.0 Å². The number of nitrogens with zero attached hydrogens (tertiary/aromatic N) is 1. The zero-order valence-electron chi connectivity index (χ0n) is 15.9. The van der Waals surface area contributed by atoms with Crippen molar-refractivity contribution in [2.45, 2.75) is 20.3 Å². The SMILES string of the molecule is COc1ccc(-c2nc(NC(=O)Cc3coc4cc(C)ccc34)sc2C)cc1. The molecule has 0 aliphatic heterocycles. The van der Waals surface area contributed by atoms with E-state index in [0.29, 0.717) is 5.13 Å². The van der Waals surface area contributed by atoms with Gasteiger partial charge in [-0.1, -0.05) is 12.1 Å². The lowest BCUT2D eigenvalue weighted by atomic mass is 10.1. The normalized spacial score (nSPS) is 11.0. The molecular formula is C22H20N2O3S. The minimum absolute atomic E-state index is 0.113. The van der Waals surface area contributed by atoms with E-state index in [4.69, 9.17) is 9.15 Å². The number of ether oxygens (including phenoxy) is 1. The van der Waals surface area contributed by atoms with Crippen LogP contribution in [0.5, 0.6) is 5.75 Å². The predicted octanol–water partition coefficient (Wildman–Crippen LogP) is 5.36. The second kappa shape index (κ2) is 7.48. The Morgan fingerprint density at radius 3 is 2.71 bits per heavy atom. The van der Waals surface area contributed by atoms with Gasteiger partial charge in [0.15, 0.2) is 5.13 Å². The van der Waals surface area contributed by atoms with Crippen molar-refractivity contribution < 1.29 is 13.9 Å². The zero-order valence-corrected chi connectivity index (χ0v) is 16.7. The van der Waals surface area contributed by atoms with Gasteiger partial charge in [-0.15, -0.1) is 11.3 Å². The molecule has 1 amide bonds. The molecule has 5 nitrogen and oxygen atoms in total. The van der Waals surface area contributed by atoms with Crippen LogP contribution >= 0.6 is 11.3 Å². The number of benzene rings is 2. The topological polar surface area (TPSA) is 64.4 Å². The number of rotatable bonds is 5. The molecule has 0 atom stereocenters. The summed E-state index contributed by atoms with van der Waals surface area (Å²) in [7, 11) is 1.64. The number of methoxy groups -OCH3 is 1. The van der Waals surface area contributed by atoms with Crippen LogP contribution in [0.3, 0.4) is 0 Å². The molecule has 0 spiro atoms. The predicted molar refractivity (Wildman–Crippen MR) is 112 cm³/mol. The van der Waals surface area contributed by atoms with E-state index >= 15 is 0 Å². The molecule has 0 bridgehead atoms. The number of anilines is 1. The molecule has 6 heteroatoms. The number of carbonyl (C=O) groups is 1. The van der Waals surface area contributed by atoms with Gasteiger partial charge in [0.25, 0.3) is 0 Å². The lowest BCUT2D eigenvalue weighted by Crippen LogP contribution is -2.13. The van der Waals surface area contributed by atoms with Gasteiger partial charge in [0, 0.05) is 21.4 Å². The quantitative estimate of drug-likeness (QED) is 0.496. The van der Waals surface area contributed by atoms with Crippen LogP contribution in [0, 0.1) is 13.8 Å². The van der Waals surface area contributed by atoms with E-state index in [1.54, 1.807) is 13.4 Å². The van der Waals surface area contributed by atoms with Gasteiger partial charge in [0.05, 0.1) is 25.5 Å². The molecule has 0 saturated carbocycles. The molecule has 28 heavy (non-hydrogen) atoms. The van der Waals surface area contributed by atoms with Gasteiger partial charge >= 0.3 is 0 Å². The number of nitrogens with one attached hydrogen (secondary N) is 1.